The van der Waals surface area contributed by atoms with Gasteiger partial charge in [-0.25, -0.2) is 14.4 Å². The van der Waals surface area contributed by atoms with Gasteiger partial charge < -0.3 is 23.8 Å². The maximum Gasteiger partial charge on any atom is 0.410 e. The number of ether oxygens (including phenoxy) is 4. The summed E-state index contributed by atoms with van der Waals surface area (Å²) in [6, 6.07) is 8.12. The lowest BCUT2D eigenvalue weighted by Crippen LogP contribution is -2.47. The number of nitrogens with zero attached hydrogens (tertiary/aromatic N) is 2. The van der Waals surface area contributed by atoms with Gasteiger partial charge >= 0.3 is 18.2 Å². The van der Waals surface area contributed by atoms with Crippen LogP contribution in [0.5, 0.6) is 0 Å². The van der Waals surface area contributed by atoms with E-state index in [9.17, 15) is 14.4 Å². The Morgan fingerprint density at radius 3 is 2.50 bits per heavy atom. The molecule has 1 unspecified atom stereocenters. The second-order valence-corrected chi connectivity index (χ2v) is 8.70. The molecule has 0 spiro atoms. The van der Waals surface area contributed by atoms with Crippen molar-refractivity contribution in [1.29, 1.82) is 0 Å². The van der Waals surface area contributed by atoms with Crippen LogP contribution in [0.1, 0.15) is 39.2 Å². The lowest BCUT2D eigenvalue weighted by Gasteiger charge is -2.29. The molecule has 9 heteroatoms. The fourth-order valence-corrected chi connectivity index (χ4v) is 3.31. The Kier molecular flexibility index (Phi) is 9.31. The molecular formula is C23H34N2O7. The Balaban J connectivity index is 1.89. The van der Waals surface area contributed by atoms with Crippen molar-refractivity contribution in [3.8, 4) is 0 Å². The second kappa shape index (κ2) is 11.7. The molecule has 1 saturated heterocycles. The lowest BCUT2D eigenvalue weighted by atomic mass is 10.2. The smallest absolute Gasteiger partial charge is 0.410 e. The van der Waals surface area contributed by atoms with Crippen molar-refractivity contribution in [3.63, 3.8) is 0 Å². The highest BCUT2D eigenvalue weighted by atomic mass is 16.6. The Morgan fingerprint density at radius 1 is 1.19 bits per heavy atom. The summed E-state index contributed by atoms with van der Waals surface area (Å²) in [4.78, 5) is 39.9. The van der Waals surface area contributed by atoms with Gasteiger partial charge in [0.2, 0.25) is 0 Å². The number of methoxy groups -OCH3 is 1. The molecule has 0 aliphatic carbocycles. The molecule has 2 rings (SSSR count). The quantitative estimate of drug-likeness (QED) is 0.443. The second-order valence-electron chi connectivity index (χ2n) is 8.70. The third kappa shape index (κ3) is 7.71. The van der Waals surface area contributed by atoms with Crippen LogP contribution in [-0.2, 0) is 30.3 Å². The summed E-state index contributed by atoms with van der Waals surface area (Å²) in [7, 11) is 2.71. The van der Waals surface area contributed by atoms with Crippen LogP contribution >= 0.6 is 0 Å². The first-order valence-corrected chi connectivity index (χ1v) is 10.7. The normalized spacial score (nSPS) is 16.9. The Hall–Kier alpha value is -2.81. The van der Waals surface area contributed by atoms with E-state index >= 15 is 0 Å². The maximum atomic E-state index is 12.4. The highest BCUT2D eigenvalue weighted by molar-refractivity contribution is 5.81. The highest BCUT2D eigenvalue weighted by Gasteiger charge is 2.34. The average Bonchev–Trinajstić information content (AvgIpc) is 3.22. The van der Waals surface area contributed by atoms with E-state index in [1.165, 1.54) is 14.2 Å². The average molecular weight is 451 g/mol. The minimum atomic E-state index is -0.973. The molecule has 1 heterocycles. The number of benzene rings is 1. The highest BCUT2D eigenvalue weighted by Crippen LogP contribution is 2.21. The number of hydrogen-bond acceptors (Lipinski definition) is 7. The van der Waals surface area contributed by atoms with Crippen molar-refractivity contribution >= 4 is 18.2 Å². The molecule has 0 N–H and O–H groups in total. The lowest BCUT2D eigenvalue weighted by molar-refractivity contribution is -0.148. The van der Waals surface area contributed by atoms with Crippen molar-refractivity contribution in [2.24, 2.45) is 0 Å². The van der Waals surface area contributed by atoms with Gasteiger partial charge in [-0.05, 0) is 39.2 Å². The monoisotopic (exact) mass is 450 g/mol. The summed E-state index contributed by atoms with van der Waals surface area (Å²) >= 11 is 0. The third-order valence-corrected chi connectivity index (χ3v) is 5.02. The van der Waals surface area contributed by atoms with E-state index in [4.69, 9.17) is 18.9 Å². The molecule has 1 aromatic rings. The molecule has 32 heavy (non-hydrogen) atoms. The molecule has 2 amide bonds. The maximum absolute atomic E-state index is 12.4. The van der Waals surface area contributed by atoms with Crippen LogP contribution in [-0.4, -0.2) is 79.6 Å². The standard InChI is InChI=1S/C23H34N2O7/c1-23(2,3)32-22(28)25-13-9-12-18(25)15-30-16-19(20(26)29-5)24(4)21(27)31-14-17-10-7-6-8-11-17/h6-8,10-11,18-19H,9,12-16H2,1-5H3/t18-,19?/m0/s1. The van der Waals surface area contributed by atoms with Crippen LogP contribution in [0.4, 0.5) is 9.59 Å². The summed E-state index contributed by atoms with van der Waals surface area (Å²) in [5.41, 5.74) is 0.257. The topological polar surface area (TPSA) is 94.6 Å². The van der Waals surface area contributed by atoms with E-state index in [0.717, 1.165) is 23.3 Å². The first-order chi connectivity index (χ1) is 15.1. The molecule has 9 nitrogen and oxygen atoms in total. The summed E-state index contributed by atoms with van der Waals surface area (Å²) in [6.45, 7) is 6.28. The number of rotatable bonds is 8. The third-order valence-electron chi connectivity index (χ3n) is 5.02. The number of likely N-dealkylation sites (N-methyl/N-ethyl adjacent to an activating group) is 1. The zero-order chi connectivity index (χ0) is 23.7. The largest absolute Gasteiger partial charge is 0.467 e. The Morgan fingerprint density at radius 2 is 1.88 bits per heavy atom. The van der Waals surface area contributed by atoms with E-state index in [1.807, 2.05) is 51.1 Å². The Bertz CT molecular complexity index is 763. The molecule has 1 fully saturated rings. The minimum absolute atomic E-state index is 0.0811. The SMILES string of the molecule is COC(=O)C(COC[C@@H]1CCCN1C(=O)OC(C)(C)C)N(C)C(=O)OCc1ccccc1. The summed E-state index contributed by atoms with van der Waals surface area (Å²) in [5, 5.41) is 0. The van der Waals surface area contributed by atoms with Gasteiger partial charge in [-0.2, -0.15) is 0 Å². The molecule has 0 aromatic heterocycles. The van der Waals surface area contributed by atoms with Gasteiger partial charge in [-0.15, -0.1) is 0 Å². The predicted octanol–water partition coefficient (Wildman–Crippen LogP) is 3.21. The van der Waals surface area contributed by atoms with Crippen LogP contribution in [0.3, 0.4) is 0 Å². The van der Waals surface area contributed by atoms with Gasteiger partial charge in [0, 0.05) is 13.6 Å². The minimum Gasteiger partial charge on any atom is -0.467 e. The molecule has 1 aliphatic rings. The predicted molar refractivity (Wildman–Crippen MR) is 117 cm³/mol. The van der Waals surface area contributed by atoms with Gasteiger partial charge in [-0.1, -0.05) is 30.3 Å². The molecule has 1 aromatic carbocycles. The zero-order valence-electron chi connectivity index (χ0n) is 19.5. The molecule has 0 radical (unpaired) electrons. The van der Waals surface area contributed by atoms with Crippen LogP contribution in [0.15, 0.2) is 30.3 Å². The van der Waals surface area contributed by atoms with Crippen molar-refractivity contribution in [2.45, 2.75) is 57.9 Å². The Labute approximate surface area is 189 Å². The van der Waals surface area contributed by atoms with Crippen LogP contribution in [0, 0.1) is 0 Å². The molecular weight excluding hydrogens is 416 g/mol. The zero-order valence-corrected chi connectivity index (χ0v) is 19.5. The number of hydrogen-bond donors (Lipinski definition) is 0. The molecule has 2 atom stereocenters. The van der Waals surface area contributed by atoms with Gasteiger partial charge in [0.1, 0.15) is 12.2 Å². The van der Waals surface area contributed by atoms with E-state index < -0.39 is 23.7 Å². The van der Waals surface area contributed by atoms with Crippen molar-refractivity contribution in [1.82, 2.24) is 9.80 Å². The molecule has 0 bridgehead atoms. The number of esters is 1. The number of amides is 2. The van der Waals surface area contributed by atoms with E-state index in [0.29, 0.717) is 6.54 Å². The van der Waals surface area contributed by atoms with E-state index in [1.54, 1.807) is 4.90 Å². The number of carbonyl (C=O) groups is 3. The van der Waals surface area contributed by atoms with Crippen LogP contribution in [0.25, 0.3) is 0 Å². The fraction of sp³-hybridized carbons (Fsp3) is 0.609. The molecule has 178 valence electrons. The first kappa shape index (κ1) is 25.5. The van der Waals surface area contributed by atoms with Gasteiger partial charge in [-0.3, -0.25) is 4.90 Å². The summed E-state index contributed by atoms with van der Waals surface area (Å²) in [5.74, 6) is -0.611. The van der Waals surface area contributed by atoms with E-state index in [-0.39, 0.29) is 32.0 Å². The van der Waals surface area contributed by atoms with Gasteiger partial charge in [0.15, 0.2) is 6.04 Å². The van der Waals surface area contributed by atoms with Crippen molar-refractivity contribution < 1.29 is 33.3 Å². The molecule has 0 saturated carbocycles. The van der Waals surface area contributed by atoms with Crippen molar-refractivity contribution in [3.05, 3.63) is 35.9 Å². The van der Waals surface area contributed by atoms with Crippen molar-refractivity contribution in [2.75, 3.05) is 33.9 Å². The number of likely N-dealkylation sites (tertiary alicyclic amines) is 1. The van der Waals surface area contributed by atoms with Gasteiger partial charge in [0.25, 0.3) is 0 Å². The van der Waals surface area contributed by atoms with E-state index in [2.05, 4.69) is 0 Å². The van der Waals surface area contributed by atoms with Crippen LogP contribution in [0.2, 0.25) is 0 Å². The first-order valence-electron chi connectivity index (χ1n) is 10.7. The summed E-state index contributed by atoms with van der Waals surface area (Å²) in [6.07, 6.45) is 0.579. The number of carbonyl (C=O) groups excluding carboxylic acids is 3. The fourth-order valence-electron chi connectivity index (χ4n) is 3.31. The van der Waals surface area contributed by atoms with Crippen LogP contribution < -0.4 is 0 Å². The van der Waals surface area contributed by atoms with Gasteiger partial charge in [0.05, 0.1) is 26.4 Å². The molecule has 1 aliphatic heterocycles. The summed E-state index contributed by atoms with van der Waals surface area (Å²) < 4.78 is 21.3.